The first kappa shape index (κ1) is 17.4. The predicted octanol–water partition coefficient (Wildman–Crippen LogP) is 2.94. The van der Waals surface area contributed by atoms with E-state index in [0.717, 1.165) is 39.0 Å². The van der Waals surface area contributed by atoms with Crippen LogP contribution in [0.4, 0.5) is 0 Å². The number of likely N-dealkylation sites (tertiary alicyclic amines) is 1. The molecule has 4 nitrogen and oxygen atoms in total. The highest BCUT2D eigenvalue weighted by Gasteiger charge is 2.25. The Hall–Kier alpha value is -1.39. The van der Waals surface area contributed by atoms with Crippen LogP contribution in [0.5, 0.6) is 0 Å². The van der Waals surface area contributed by atoms with E-state index >= 15 is 0 Å². The van der Waals surface area contributed by atoms with Gasteiger partial charge in [-0.15, -0.1) is 0 Å². The molecule has 1 aliphatic heterocycles. The average molecular weight is 330 g/mol. The van der Waals surface area contributed by atoms with Crippen molar-refractivity contribution in [1.29, 1.82) is 0 Å². The second-order valence-corrected chi connectivity index (χ2v) is 7.27. The first-order valence-corrected chi connectivity index (χ1v) is 9.44. The van der Waals surface area contributed by atoms with Crippen molar-refractivity contribution in [3.05, 3.63) is 34.9 Å². The molecule has 1 heterocycles. The summed E-state index contributed by atoms with van der Waals surface area (Å²) in [5.74, 6) is -0.715. The standard InChI is InChI=1S/C20H30N2O2/c1-2-22(15-20(23)24)19-9-11-21(12-10-19)14-16-7-8-17-5-3-4-6-18(17)13-16/h7-8,13,19H,2-6,9-12,14-15H2,1H3,(H,23,24). The maximum absolute atomic E-state index is 11.0. The summed E-state index contributed by atoms with van der Waals surface area (Å²) in [6.07, 6.45) is 7.31. The Morgan fingerprint density at radius 3 is 2.58 bits per heavy atom. The summed E-state index contributed by atoms with van der Waals surface area (Å²) in [6.45, 7) is 6.22. The first-order valence-electron chi connectivity index (χ1n) is 9.44. The normalized spacial score (nSPS) is 19.4. The van der Waals surface area contributed by atoms with Crippen LogP contribution < -0.4 is 0 Å². The molecule has 0 saturated carbocycles. The van der Waals surface area contributed by atoms with Gasteiger partial charge in [-0.3, -0.25) is 14.6 Å². The van der Waals surface area contributed by atoms with Gasteiger partial charge in [0.15, 0.2) is 0 Å². The first-order chi connectivity index (χ1) is 11.7. The number of hydrogen-bond donors (Lipinski definition) is 1. The van der Waals surface area contributed by atoms with E-state index in [2.05, 4.69) is 34.9 Å². The molecule has 4 heteroatoms. The van der Waals surface area contributed by atoms with Gasteiger partial charge in [0.25, 0.3) is 0 Å². The van der Waals surface area contributed by atoms with E-state index in [9.17, 15) is 4.79 Å². The van der Waals surface area contributed by atoms with Crippen molar-refractivity contribution in [1.82, 2.24) is 9.80 Å². The number of aliphatic carboxylic acids is 1. The van der Waals surface area contributed by atoms with Gasteiger partial charge < -0.3 is 5.11 Å². The number of likely N-dealkylation sites (N-methyl/N-ethyl adjacent to an activating group) is 1. The number of piperidine rings is 1. The van der Waals surface area contributed by atoms with Gasteiger partial charge >= 0.3 is 5.97 Å². The van der Waals surface area contributed by atoms with E-state index in [4.69, 9.17) is 5.11 Å². The summed E-state index contributed by atoms with van der Waals surface area (Å²) in [6, 6.07) is 7.48. The van der Waals surface area contributed by atoms with Crippen LogP contribution in [0.1, 0.15) is 49.3 Å². The Bertz CT molecular complexity index is 565. The minimum Gasteiger partial charge on any atom is -0.480 e. The number of carbonyl (C=O) groups is 1. The Kier molecular flexibility index (Phi) is 5.90. The summed E-state index contributed by atoms with van der Waals surface area (Å²) >= 11 is 0. The SMILES string of the molecule is CCN(CC(=O)O)C1CCN(Cc2ccc3c(c2)CCCC3)CC1. The molecule has 1 saturated heterocycles. The highest BCUT2D eigenvalue weighted by molar-refractivity contribution is 5.69. The molecular formula is C20H30N2O2. The second kappa shape index (κ2) is 8.13. The number of rotatable bonds is 6. The number of carboxylic acid groups (broad SMARTS) is 1. The fourth-order valence-electron chi connectivity index (χ4n) is 4.26. The van der Waals surface area contributed by atoms with E-state index in [0.29, 0.717) is 6.04 Å². The Morgan fingerprint density at radius 2 is 1.92 bits per heavy atom. The van der Waals surface area contributed by atoms with Gasteiger partial charge in [-0.25, -0.2) is 0 Å². The topological polar surface area (TPSA) is 43.8 Å². The van der Waals surface area contributed by atoms with Gasteiger partial charge in [0, 0.05) is 12.6 Å². The minimum atomic E-state index is -0.715. The van der Waals surface area contributed by atoms with Gasteiger partial charge in [0.1, 0.15) is 0 Å². The van der Waals surface area contributed by atoms with Crippen LogP contribution in [0.2, 0.25) is 0 Å². The molecule has 3 rings (SSSR count). The van der Waals surface area contributed by atoms with Crippen molar-refractivity contribution in [2.24, 2.45) is 0 Å². The smallest absolute Gasteiger partial charge is 0.317 e. The summed E-state index contributed by atoms with van der Waals surface area (Å²) in [7, 11) is 0. The quantitative estimate of drug-likeness (QED) is 0.871. The molecule has 0 bridgehead atoms. The van der Waals surface area contributed by atoms with Crippen molar-refractivity contribution in [3.63, 3.8) is 0 Å². The van der Waals surface area contributed by atoms with E-state index in [1.165, 1.54) is 31.2 Å². The van der Waals surface area contributed by atoms with Crippen LogP contribution >= 0.6 is 0 Å². The molecule has 0 aromatic heterocycles. The van der Waals surface area contributed by atoms with Crippen LogP contribution in [0.15, 0.2) is 18.2 Å². The fourth-order valence-corrected chi connectivity index (χ4v) is 4.26. The van der Waals surface area contributed by atoms with Gasteiger partial charge in [-0.1, -0.05) is 25.1 Å². The molecule has 24 heavy (non-hydrogen) atoms. The number of aryl methyl sites for hydroxylation is 2. The third-order valence-electron chi connectivity index (χ3n) is 5.64. The van der Waals surface area contributed by atoms with Crippen molar-refractivity contribution < 1.29 is 9.90 Å². The van der Waals surface area contributed by atoms with E-state index in [1.54, 1.807) is 11.1 Å². The molecule has 2 aliphatic rings. The lowest BCUT2D eigenvalue weighted by atomic mass is 9.90. The number of nitrogens with zero attached hydrogens (tertiary/aromatic N) is 2. The molecule has 0 unspecified atom stereocenters. The largest absolute Gasteiger partial charge is 0.480 e. The Morgan fingerprint density at radius 1 is 1.21 bits per heavy atom. The van der Waals surface area contributed by atoms with E-state index in [1.807, 2.05) is 0 Å². The molecule has 1 N–H and O–H groups in total. The van der Waals surface area contributed by atoms with Crippen LogP contribution in [-0.2, 0) is 24.2 Å². The summed E-state index contributed by atoms with van der Waals surface area (Å²) in [5, 5.41) is 9.04. The van der Waals surface area contributed by atoms with Crippen molar-refractivity contribution in [3.8, 4) is 0 Å². The molecule has 0 radical (unpaired) electrons. The van der Waals surface area contributed by atoms with Crippen LogP contribution in [0, 0.1) is 0 Å². The van der Waals surface area contributed by atoms with Gasteiger partial charge in [0.05, 0.1) is 6.54 Å². The molecule has 0 spiro atoms. The van der Waals surface area contributed by atoms with E-state index in [-0.39, 0.29) is 6.54 Å². The second-order valence-electron chi connectivity index (χ2n) is 7.27. The molecular weight excluding hydrogens is 300 g/mol. The number of benzene rings is 1. The van der Waals surface area contributed by atoms with Crippen LogP contribution in [-0.4, -0.2) is 53.1 Å². The molecule has 0 amide bonds. The lowest BCUT2D eigenvalue weighted by Crippen LogP contribution is -2.46. The molecule has 1 aromatic carbocycles. The zero-order valence-corrected chi connectivity index (χ0v) is 14.8. The van der Waals surface area contributed by atoms with Gasteiger partial charge in [-0.05, 0) is 74.8 Å². The third kappa shape index (κ3) is 4.37. The third-order valence-corrected chi connectivity index (χ3v) is 5.64. The summed E-state index contributed by atoms with van der Waals surface area (Å²) in [4.78, 5) is 15.6. The van der Waals surface area contributed by atoms with Crippen molar-refractivity contribution in [2.75, 3.05) is 26.2 Å². The van der Waals surface area contributed by atoms with E-state index < -0.39 is 5.97 Å². The number of hydrogen-bond acceptors (Lipinski definition) is 3. The maximum Gasteiger partial charge on any atom is 0.317 e. The molecule has 1 fully saturated rings. The lowest BCUT2D eigenvalue weighted by Gasteiger charge is -2.37. The Balaban J connectivity index is 1.53. The molecule has 0 atom stereocenters. The summed E-state index contributed by atoms with van der Waals surface area (Å²) < 4.78 is 0. The molecule has 1 aliphatic carbocycles. The average Bonchev–Trinajstić information content (AvgIpc) is 2.60. The number of carboxylic acids is 1. The molecule has 132 valence electrons. The van der Waals surface area contributed by atoms with Crippen molar-refractivity contribution in [2.45, 2.75) is 58.0 Å². The fraction of sp³-hybridized carbons (Fsp3) is 0.650. The zero-order valence-electron chi connectivity index (χ0n) is 14.8. The highest BCUT2D eigenvalue weighted by atomic mass is 16.4. The summed E-state index contributed by atoms with van der Waals surface area (Å²) in [5.41, 5.74) is 4.55. The highest BCUT2D eigenvalue weighted by Crippen LogP contribution is 2.24. The molecule has 1 aromatic rings. The van der Waals surface area contributed by atoms with Crippen molar-refractivity contribution >= 4 is 5.97 Å². The predicted molar refractivity (Wildman–Crippen MR) is 96.3 cm³/mol. The monoisotopic (exact) mass is 330 g/mol. The Labute approximate surface area is 145 Å². The lowest BCUT2D eigenvalue weighted by molar-refractivity contribution is -0.139. The van der Waals surface area contributed by atoms with Crippen LogP contribution in [0.25, 0.3) is 0 Å². The van der Waals surface area contributed by atoms with Gasteiger partial charge in [0.2, 0.25) is 0 Å². The van der Waals surface area contributed by atoms with Crippen LogP contribution in [0.3, 0.4) is 0 Å². The minimum absolute atomic E-state index is 0.173. The zero-order chi connectivity index (χ0) is 16.9. The number of fused-ring (bicyclic) bond motifs is 1. The maximum atomic E-state index is 11.0. The van der Waals surface area contributed by atoms with Gasteiger partial charge in [-0.2, -0.15) is 0 Å².